The van der Waals surface area contributed by atoms with Crippen LogP contribution in [0.4, 0.5) is 10.1 Å². The second-order valence-corrected chi connectivity index (χ2v) is 6.56. The molecule has 0 fully saturated rings. The summed E-state index contributed by atoms with van der Waals surface area (Å²) in [6.07, 6.45) is 1.76. The molecule has 0 aliphatic carbocycles. The van der Waals surface area contributed by atoms with Gasteiger partial charge in [-0.05, 0) is 55.5 Å². The van der Waals surface area contributed by atoms with Crippen LogP contribution in [-0.4, -0.2) is 31.3 Å². The van der Waals surface area contributed by atoms with E-state index in [1.54, 1.807) is 12.3 Å². The van der Waals surface area contributed by atoms with Gasteiger partial charge in [0.15, 0.2) is 0 Å². The summed E-state index contributed by atoms with van der Waals surface area (Å²) >= 11 is 0. The third-order valence-corrected chi connectivity index (χ3v) is 4.23. The summed E-state index contributed by atoms with van der Waals surface area (Å²) in [5.41, 5.74) is 4.10. The summed E-state index contributed by atoms with van der Waals surface area (Å²) in [5, 5.41) is 3.40. The van der Waals surface area contributed by atoms with Crippen molar-refractivity contribution in [2.75, 3.05) is 19.1 Å². The Morgan fingerprint density at radius 1 is 1.23 bits per heavy atom. The highest BCUT2D eigenvalue weighted by molar-refractivity contribution is 5.82. The van der Waals surface area contributed by atoms with Crippen molar-refractivity contribution in [1.29, 1.82) is 0 Å². The van der Waals surface area contributed by atoms with Gasteiger partial charge < -0.3 is 15.0 Å². The molecular formula is C24H32FN3O2. The number of hydrogen-bond acceptors (Lipinski definition) is 4. The molecule has 0 unspecified atom stereocenters. The van der Waals surface area contributed by atoms with Gasteiger partial charge in [0.1, 0.15) is 11.6 Å². The fourth-order valence-electron chi connectivity index (χ4n) is 2.71. The predicted molar refractivity (Wildman–Crippen MR) is 122 cm³/mol. The molecule has 0 saturated carbocycles. The summed E-state index contributed by atoms with van der Waals surface area (Å²) in [7, 11) is 1.50. The van der Waals surface area contributed by atoms with E-state index in [9.17, 15) is 9.18 Å². The molecule has 162 valence electrons. The number of nitrogens with zero attached hydrogens (tertiary/aromatic N) is 2. The number of halogens is 1. The van der Waals surface area contributed by atoms with E-state index in [1.165, 1.54) is 19.2 Å². The molecule has 0 spiro atoms. The minimum Gasteiger partial charge on any atom is -0.499 e. The van der Waals surface area contributed by atoms with Gasteiger partial charge in [0.2, 0.25) is 0 Å². The molecule has 0 aromatic heterocycles. The summed E-state index contributed by atoms with van der Waals surface area (Å²) < 4.78 is 18.9. The maximum atomic E-state index is 13.6. The van der Waals surface area contributed by atoms with Gasteiger partial charge in [-0.3, -0.25) is 4.79 Å². The van der Waals surface area contributed by atoms with E-state index in [2.05, 4.69) is 35.2 Å². The molecule has 6 heteroatoms. The Hall–Kier alpha value is -3.15. The number of hydrogen-bond donors (Lipinski definition) is 1. The quantitative estimate of drug-likeness (QED) is 0.338. The van der Waals surface area contributed by atoms with Crippen LogP contribution in [0.5, 0.6) is 0 Å². The smallest absolute Gasteiger partial charge is 0.252 e. The molecule has 2 aromatic carbocycles. The van der Waals surface area contributed by atoms with Crippen LogP contribution in [0.2, 0.25) is 0 Å². The first-order valence-electron chi connectivity index (χ1n) is 9.95. The summed E-state index contributed by atoms with van der Waals surface area (Å²) in [6.45, 7) is 12.2. The molecule has 5 nitrogen and oxygen atoms in total. The van der Waals surface area contributed by atoms with Crippen molar-refractivity contribution in [2.45, 2.75) is 40.7 Å². The maximum Gasteiger partial charge on any atom is 0.252 e. The molecule has 1 amide bonds. The van der Waals surface area contributed by atoms with Gasteiger partial charge in [-0.25, -0.2) is 9.38 Å². The van der Waals surface area contributed by atoms with Crippen LogP contribution in [0.15, 0.2) is 59.4 Å². The molecule has 1 N–H and O–H groups in total. The average molecular weight is 414 g/mol. The number of carbonyl (C=O) groups is 1. The SMILES string of the molecule is C=NC(=O)C/C(=C\N(CNc1cc(C)ccc1C)Cc1cccc(F)c1)OC.CC. The molecule has 0 atom stereocenters. The molecule has 2 rings (SSSR count). The Morgan fingerprint density at radius 3 is 2.60 bits per heavy atom. The monoisotopic (exact) mass is 413 g/mol. The molecule has 0 bridgehead atoms. The van der Waals surface area contributed by atoms with E-state index >= 15 is 0 Å². The second-order valence-electron chi connectivity index (χ2n) is 6.56. The Labute approximate surface area is 179 Å². The number of amides is 1. The van der Waals surface area contributed by atoms with Crippen molar-refractivity contribution in [3.05, 3.63) is 76.9 Å². The highest BCUT2D eigenvalue weighted by atomic mass is 19.1. The van der Waals surface area contributed by atoms with Crippen molar-refractivity contribution in [2.24, 2.45) is 4.99 Å². The normalized spacial score (nSPS) is 10.5. The lowest BCUT2D eigenvalue weighted by Crippen LogP contribution is -2.25. The van der Waals surface area contributed by atoms with Crippen molar-refractivity contribution < 1.29 is 13.9 Å². The number of nitrogens with one attached hydrogen (secondary N) is 1. The molecule has 0 saturated heterocycles. The zero-order chi connectivity index (χ0) is 22.5. The first-order chi connectivity index (χ1) is 14.4. The highest BCUT2D eigenvalue weighted by Crippen LogP contribution is 2.18. The van der Waals surface area contributed by atoms with Crippen molar-refractivity contribution >= 4 is 18.3 Å². The van der Waals surface area contributed by atoms with Crippen LogP contribution < -0.4 is 5.32 Å². The molecule has 2 aromatic rings. The lowest BCUT2D eigenvalue weighted by Gasteiger charge is -2.24. The van der Waals surface area contributed by atoms with Gasteiger partial charge in [-0.1, -0.05) is 38.1 Å². The molecule has 30 heavy (non-hydrogen) atoms. The zero-order valence-corrected chi connectivity index (χ0v) is 18.5. The Morgan fingerprint density at radius 2 is 1.97 bits per heavy atom. The van der Waals surface area contributed by atoms with Crippen LogP contribution in [-0.2, 0) is 16.1 Å². The fourth-order valence-corrected chi connectivity index (χ4v) is 2.71. The third-order valence-electron chi connectivity index (χ3n) is 4.23. The zero-order valence-electron chi connectivity index (χ0n) is 18.5. The molecule has 0 aliphatic rings. The second kappa shape index (κ2) is 13.1. The molecule has 0 aliphatic heterocycles. The van der Waals surface area contributed by atoms with Crippen molar-refractivity contribution in [3.8, 4) is 0 Å². The van der Waals surface area contributed by atoms with Crippen molar-refractivity contribution in [3.63, 3.8) is 0 Å². The van der Waals surface area contributed by atoms with Crippen LogP contribution in [0.25, 0.3) is 0 Å². The van der Waals surface area contributed by atoms with Gasteiger partial charge in [-0.15, -0.1) is 0 Å². The van der Waals surface area contributed by atoms with E-state index in [0.29, 0.717) is 19.0 Å². The van der Waals surface area contributed by atoms with E-state index < -0.39 is 0 Å². The number of ether oxygens (including phenoxy) is 1. The van der Waals surface area contributed by atoms with Crippen LogP contribution in [0.3, 0.4) is 0 Å². The summed E-state index contributed by atoms with van der Waals surface area (Å²) in [4.78, 5) is 16.9. The lowest BCUT2D eigenvalue weighted by molar-refractivity contribution is -0.117. The predicted octanol–water partition coefficient (Wildman–Crippen LogP) is 5.45. The number of aryl methyl sites for hydroxylation is 2. The number of rotatable bonds is 9. The summed E-state index contributed by atoms with van der Waals surface area (Å²) in [5.74, 6) is -0.209. The van der Waals surface area contributed by atoms with Crippen LogP contribution in [0, 0.1) is 19.7 Å². The van der Waals surface area contributed by atoms with E-state index in [4.69, 9.17) is 4.74 Å². The minimum absolute atomic E-state index is 0.0170. The third kappa shape index (κ3) is 8.47. The van der Waals surface area contributed by atoms with Gasteiger partial charge in [0.05, 0.1) is 20.2 Å². The van der Waals surface area contributed by atoms with E-state index in [1.807, 2.05) is 38.7 Å². The number of carbonyl (C=O) groups excluding carboxylic acids is 1. The topological polar surface area (TPSA) is 53.9 Å². The maximum absolute atomic E-state index is 13.6. The van der Waals surface area contributed by atoms with Gasteiger partial charge in [0, 0.05) is 18.4 Å². The Kier molecular flexibility index (Phi) is 10.9. The molecule has 0 radical (unpaired) electrons. The fraction of sp³-hybridized carbons (Fsp3) is 0.333. The molecule has 0 heterocycles. The lowest BCUT2D eigenvalue weighted by atomic mass is 10.1. The first kappa shape index (κ1) is 24.9. The van der Waals surface area contributed by atoms with Gasteiger partial charge >= 0.3 is 0 Å². The largest absolute Gasteiger partial charge is 0.499 e. The highest BCUT2D eigenvalue weighted by Gasteiger charge is 2.10. The number of methoxy groups -OCH3 is 1. The minimum atomic E-state index is -0.374. The molecular weight excluding hydrogens is 381 g/mol. The Bertz CT molecular complexity index is 865. The average Bonchev–Trinajstić information content (AvgIpc) is 2.74. The number of aliphatic imine (C=N–C) groups is 1. The van der Waals surface area contributed by atoms with Gasteiger partial charge in [-0.2, -0.15) is 0 Å². The van der Waals surface area contributed by atoms with Crippen molar-refractivity contribution in [1.82, 2.24) is 4.90 Å². The number of benzene rings is 2. The van der Waals surface area contributed by atoms with E-state index in [-0.39, 0.29) is 18.1 Å². The van der Waals surface area contributed by atoms with E-state index in [0.717, 1.165) is 22.4 Å². The standard InChI is InChI=1S/C22H26FN3O2.C2H6/c1-16-8-9-17(2)21(10-16)25-15-26(13-18-6-5-7-19(23)11-18)14-20(28-4)12-22(27)24-3;1-2/h5-11,14,25H,3,12-13,15H2,1-2,4H3;1-2H3/b20-14+;. The van der Waals surface area contributed by atoms with Gasteiger partial charge in [0.25, 0.3) is 5.91 Å². The number of anilines is 1. The first-order valence-corrected chi connectivity index (χ1v) is 9.95. The Balaban J connectivity index is 0.00000218. The van der Waals surface area contributed by atoms with Crippen LogP contribution in [0.1, 0.15) is 37.0 Å². The van der Waals surface area contributed by atoms with Crippen LogP contribution >= 0.6 is 0 Å². The summed E-state index contributed by atoms with van der Waals surface area (Å²) in [6, 6.07) is 12.6.